The maximum atomic E-state index is 12.8. The van der Waals surface area contributed by atoms with E-state index in [1.54, 1.807) is 12.7 Å². The van der Waals surface area contributed by atoms with Crippen molar-refractivity contribution in [2.24, 2.45) is 0 Å². The minimum absolute atomic E-state index is 0.133. The number of amides is 1. The Morgan fingerprint density at radius 1 is 0.862 bits per heavy atom. The Kier molecular flexibility index (Phi) is 4.75. The van der Waals surface area contributed by atoms with E-state index in [0.717, 1.165) is 48.8 Å². The minimum atomic E-state index is 0.133. The lowest BCUT2D eigenvalue weighted by Gasteiger charge is -2.35. The van der Waals surface area contributed by atoms with Crippen molar-refractivity contribution in [3.63, 3.8) is 0 Å². The molecule has 0 radical (unpaired) electrons. The van der Waals surface area contributed by atoms with Crippen LogP contribution in [0.2, 0.25) is 0 Å². The van der Waals surface area contributed by atoms with Crippen LogP contribution < -0.4 is 9.80 Å². The van der Waals surface area contributed by atoms with E-state index in [1.165, 1.54) is 12.8 Å². The highest BCUT2D eigenvalue weighted by Gasteiger charge is 2.23. The Morgan fingerprint density at radius 2 is 1.55 bits per heavy atom. The molecule has 5 rings (SSSR count). The molecule has 8 nitrogen and oxygen atoms in total. The number of anilines is 2. The second kappa shape index (κ2) is 7.69. The number of hydrogen-bond donors (Lipinski definition) is 0. The number of fused-ring (bicyclic) bond motifs is 1. The van der Waals surface area contributed by atoms with Crippen LogP contribution in [0, 0.1) is 0 Å². The second-order valence-electron chi connectivity index (χ2n) is 7.66. The molecule has 2 aliphatic rings. The Balaban J connectivity index is 1.21. The van der Waals surface area contributed by atoms with Crippen molar-refractivity contribution < 1.29 is 4.79 Å². The fourth-order valence-electron chi connectivity index (χ4n) is 4.20. The highest BCUT2D eigenvalue weighted by atomic mass is 16.2. The van der Waals surface area contributed by atoms with E-state index in [-0.39, 0.29) is 5.91 Å². The minimum Gasteiger partial charge on any atom is -0.356 e. The largest absolute Gasteiger partial charge is 0.356 e. The lowest BCUT2D eigenvalue weighted by Crippen LogP contribution is -2.49. The van der Waals surface area contributed by atoms with Gasteiger partial charge in [0.2, 0.25) is 5.91 Å². The molecule has 0 bridgehead atoms. The van der Waals surface area contributed by atoms with Gasteiger partial charge in [0.15, 0.2) is 0 Å². The number of nitrogens with zero attached hydrogens (tertiary/aromatic N) is 7. The molecular formula is C21H25N7O. The standard InChI is InChI=1S/C21H25N7O/c29-21(14-28-16-24-17-5-1-2-6-18(17)28)27-11-9-26(10-12-27)20-13-19(22-15-23-20)25-7-3-4-8-25/h1-2,5-6,13,15-16H,3-4,7-12,14H2. The number of benzene rings is 1. The summed E-state index contributed by atoms with van der Waals surface area (Å²) in [6.07, 6.45) is 5.86. The molecule has 8 heteroatoms. The first-order valence-electron chi connectivity index (χ1n) is 10.3. The number of aromatic nitrogens is 4. The van der Waals surface area contributed by atoms with E-state index in [4.69, 9.17) is 0 Å². The molecule has 4 heterocycles. The average molecular weight is 391 g/mol. The fourth-order valence-corrected chi connectivity index (χ4v) is 4.20. The maximum Gasteiger partial charge on any atom is 0.242 e. The number of hydrogen-bond acceptors (Lipinski definition) is 6. The Morgan fingerprint density at radius 3 is 2.31 bits per heavy atom. The van der Waals surface area contributed by atoms with E-state index < -0.39 is 0 Å². The van der Waals surface area contributed by atoms with E-state index in [2.05, 4.69) is 30.8 Å². The summed E-state index contributed by atoms with van der Waals surface area (Å²) in [6, 6.07) is 9.99. The first-order valence-corrected chi connectivity index (χ1v) is 10.3. The van der Waals surface area contributed by atoms with Crippen molar-refractivity contribution in [1.29, 1.82) is 0 Å². The molecule has 0 atom stereocenters. The van der Waals surface area contributed by atoms with Crippen molar-refractivity contribution in [3.05, 3.63) is 43.0 Å². The third kappa shape index (κ3) is 3.62. The smallest absolute Gasteiger partial charge is 0.242 e. The van der Waals surface area contributed by atoms with Gasteiger partial charge in [-0.15, -0.1) is 0 Å². The molecule has 0 unspecified atom stereocenters. The van der Waals surface area contributed by atoms with Gasteiger partial charge in [0, 0.05) is 45.3 Å². The average Bonchev–Trinajstić information content (AvgIpc) is 3.45. The van der Waals surface area contributed by atoms with Crippen LogP contribution in [-0.4, -0.2) is 69.6 Å². The number of para-hydroxylation sites is 2. The van der Waals surface area contributed by atoms with Crippen LogP contribution in [0.25, 0.3) is 11.0 Å². The zero-order chi connectivity index (χ0) is 19.6. The van der Waals surface area contributed by atoms with Crippen molar-refractivity contribution in [2.75, 3.05) is 49.1 Å². The van der Waals surface area contributed by atoms with Gasteiger partial charge >= 0.3 is 0 Å². The fraction of sp³-hybridized carbons (Fsp3) is 0.429. The van der Waals surface area contributed by atoms with Gasteiger partial charge < -0.3 is 19.3 Å². The van der Waals surface area contributed by atoms with Crippen LogP contribution in [0.15, 0.2) is 43.0 Å². The van der Waals surface area contributed by atoms with Gasteiger partial charge in [-0.2, -0.15) is 0 Å². The molecule has 3 aromatic rings. The van der Waals surface area contributed by atoms with Crippen LogP contribution in [0.4, 0.5) is 11.6 Å². The lowest BCUT2D eigenvalue weighted by molar-refractivity contribution is -0.132. The van der Waals surface area contributed by atoms with E-state index in [0.29, 0.717) is 19.6 Å². The molecule has 0 saturated carbocycles. The lowest BCUT2D eigenvalue weighted by atomic mass is 10.3. The Hall–Kier alpha value is -3.16. The molecule has 1 aromatic carbocycles. The normalized spacial score (nSPS) is 17.3. The summed E-state index contributed by atoms with van der Waals surface area (Å²) in [5, 5.41) is 0. The molecule has 0 spiro atoms. The Labute approximate surface area is 169 Å². The summed E-state index contributed by atoms with van der Waals surface area (Å²) in [4.78, 5) is 32.6. The van der Waals surface area contributed by atoms with Gasteiger partial charge in [0.05, 0.1) is 17.4 Å². The second-order valence-corrected chi connectivity index (χ2v) is 7.66. The number of piperazine rings is 1. The maximum absolute atomic E-state index is 12.8. The first-order chi connectivity index (χ1) is 14.3. The molecule has 2 fully saturated rings. The number of rotatable bonds is 4. The molecule has 0 aliphatic carbocycles. The predicted octanol–water partition coefficient (Wildman–Crippen LogP) is 1.78. The van der Waals surface area contributed by atoms with Crippen LogP contribution in [0.3, 0.4) is 0 Å². The van der Waals surface area contributed by atoms with Crippen molar-refractivity contribution >= 4 is 28.6 Å². The number of carbonyl (C=O) groups excluding carboxylic acids is 1. The highest BCUT2D eigenvalue weighted by Crippen LogP contribution is 2.22. The van der Waals surface area contributed by atoms with Gasteiger partial charge in [0.25, 0.3) is 0 Å². The number of imidazole rings is 1. The predicted molar refractivity (Wildman–Crippen MR) is 112 cm³/mol. The van der Waals surface area contributed by atoms with Crippen LogP contribution in [0.1, 0.15) is 12.8 Å². The summed E-state index contributed by atoms with van der Waals surface area (Å²) in [7, 11) is 0. The monoisotopic (exact) mass is 391 g/mol. The third-order valence-corrected chi connectivity index (χ3v) is 5.86. The molecule has 2 aliphatic heterocycles. The summed E-state index contributed by atoms with van der Waals surface area (Å²) in [6.45, 7) is 5.44. The quantitative estimate of drug-likeness (QED) is 0.675. The van der Waals surface area contributed by atoms with E-state index in [1.807, 2.05) is 33.7 Å². The highest BCUT2D eigenvalue weighted by molar-refractivity contribution is 5.80. The molecule has 150 valence electrons. The zero-order valence-corrected chi connectivity index (χ0v) is 16.4. The third-order valence-electron chi connectivity index (χ3n) is 5.86. The zero-order valence-electron chi connectivity index (χ0n) is 16.4. The van der Waals surface area contributed by atoms with Gasteiger partial charge in [-0.1, -0.05) is 12.1 Å². The molecule has 2 aromatic heterocycles. The summed E-state index contributed by atoms with van der Waals surface area (Å²) in [5.74, 6) is 2.10. The van der Waals surface area contributed by atoms with Crippen molar-refractivity contribution in [2.45, 2.75) is 19.4 Å². The molecule has 1 amide bonds. The van der Waals surface area contributed by atoms with E-state index >= 15 is 0 Å². The molecule has 2 saturated heterocycles. The van der Waals surface area contributed by atoms with Crippen LogP contribution in [-0.2, 0) is 11.3 Å². The van der Waals surface area contributed by atoms with Crippen LogP contribution in [0.5, 0.6) is 0 Å². The van der Waals surface area contributed by atoms with Gasteiger partial charge in [0.1, 0.15) is 24.5 Å². The molecule has 0 N–H and O–H groups in total. The van der Waals surface area contributed by atoms with Crippen LogP contribution >= 0.6 is 0 Å². The summed E-state index contributed by atoms with van der Waals surface area (Å²) in [5.41, 5.74) is 1.91. The van der Waals surface area contributed by atoms with Gasteiger partial charge in [-0.3, -0.25) is 4.79 Å². The SMILES string of the molecule is O=C(Cn1cnc2ccccc21)N1CCN(c2cc(N3CCCC3)ncn2)CC1. The van der Waals surface area contributed by atoms with Crippen molar-refractivity contribution in [1.82, 2.24) is 24.4 Å². The van der Waals surface area contributed by atoms with Gasteiger partial charge in [-0.05, 0) is 25.0 Å². The van der Waals surface area contributed by atoms with E-state index in [9.17, 15) is 4.79 Å². The summed E-state index contributed by atoms with van der Waals surface area (Å²) < 4.78 is 1.93. The molecular weight excluding hydrogens is 366 g/mol. The summed E-state index contributed by atoms with van der Waals surface area (Å²) >= 11 is 0. The topological polar surface area (TPSA) is 70.4 Å². The van der Waals surface area contributed by atoms with Gasteiger partial charge in [-0.25, -0.2) is 15.0 Å². The number of carbonyl (C=O) groups is 1. The molecule has 29 heavy (non-hydrogen) atoms. The Bertz CT molecular complexity index is 1000. The first kappa shape index (κ1) is 17.9. The van der Waals surface area contributed by atoms with Crippen molar-refractivity contribution in [3.8, 4) is 0 Å².